The van der Waals surface area contributed by atoms with Gasteiger partial charge in [-0.1, -0.05) is 11.3 Å². The summed E-state index contributed by atoms with van der Waals surface area (Å²) >= 11 is 0.699. The van der Waals surface area contributed by atoms with Crippen LogP contribution in [0.15, 0.2) is 9.00 Å². The molecule has 1 heterocycles. The van der Waals surface area contributed by atoms with Crippen molar-refractivity contribution < 1.29 is 13.5 Å². The smallest absolute Gasteiger partial charge is 0.305 e. The van der Waals surface area contributed by atoms with Crippen molar-refractivity contribution in [2.45, 2.75) is 49.0 Å². The van der Waals surface area contributed by atoms with Gasteiger partial charge in [0.1, 0.15) is 0 Å². The number of sulfonamides is 1. The van der Waals surface area contributed by atoms with Crippen LogP contribution in [0.25, 0.3) is 0 Å². The van der Waals surface area contributed by atoms with Crippen molar-refractivity contribution in [3.63, 3.8) is 0 Å². The average Bonchev–Trinajstić information content (AvgIpc) is 2.62. The van der Waals surface area contributed by atoms with Crippen LogP contribution in [0.3, 0.4) is 0 Å². The van der Waals surface area contributed by atoms with Crippen LogP contribution in [0.5, 0.6) is 0 Å². The van der Waals surface area contributed by atoms with Crippen molar-refractivity contribution in [1.29, 1.82) is 0 Å². The Kier molecular flexibility index (Phi) is 3.90. The SMILES string of the molecule is Cc1[nH]c(=O)sc1S(=O)(=O)NC1CCC(O)CC1. The molecule has 0 saturated heterocycles. The fourth-order valence-corrected chi connectivity index (χ4v) is 4.74. The molecule has 1 aromatic heterocycles. The molecule has 3 N–H and O–H groups in total. The Morgan fingerprint density at radius 1 is 1.33 bits per heavy atom. The molecule has 0 spiro atoms. The molecule has 0 radical (unpaired) electrons. The molecular formula is C10H16N2O4S2. The minimum Gasteiger partial charge on any atom is -0.393 e. The van der Waals surface area contributed by atoms with Crippen LogP contribution in [0.2, 0.25) is 0 Å². The summed E-state index contributed by atoms with van der Waals surface area (Å²) in [5.41, 5.74) is 0.369. The number of hydrogen-bond acceptors (Lipinski definition) is 5. The second-order valence-electron chi connectivity index (χ2n) is 4.55. The van der Waals surface area contributed by atoms with Gasteiger partial charge in [-0.05, 0) is 32.6 Å². The van der Waals surface area contributed by atoms with Crippen molar-refractivity contribution >= 4 is 21.4 Å². The van der Waals surface area contributed by atoms with Crippen molar-refractivity contribution in [3.8, 4) is 0 Å². The number of H-pyrrole nitrogens is 1. The van der Waals surface area contributed by atoms with E-state index in [2.05, 4.69) is 9.71 Å². The maximum Gasteiger partial charge on any atom is 0.305 e. The first-order chi connectivity index (χ1) is 8.38. The molecule has 1 saturated carbocycles. The van der Waals surface area contributed by atoms with Gasteiger partial charge in [-0.25, -0.2) is 13.1 Å². The number of aliphatic hydroxyl groups excluding tert-OH is 1. The summed E-state index contributed by atoms with van der Waals surface area (Å²) in [5.74, 6) is 0. The van der Waals surface area contributed by atoms with Crippen LogP contribution in [-0.2, 0) is 10.0 Å². The summed E-state index contributed by atoms with van der Waals surface area (Å²) in [6.45, 7) is 1.57. The number of aryl methyl sites for hydroxylation is 1. The zero-order valence-electron chi connectivity index (χ0n) is 9.97. The molecule has 2 rings (SSSR count). The number of thiazole rings is 1. The normalized spacial score (nSPS) is 25.2. The van der Waals surface area contributed by atoms with E-state index in [9.17, 15) is 18.3 Å². The first kappa shape index (κ1) is 13.7. The van der Waals surface area contributed by atoms with Crippen LogP contribution >= 0.6 is 11.3 Å². The van der Waals surface area contributed by atoms with E-state index in [4.69, 9.17) is 0 Å². The van der Waals surface area contributed by atoms with Crippen molar-refractivity contribution in [2.24, 2.45) is 0 Å². The first-order valence-electron chi connectivity index (χ1n) is 5.78. The van der Waals surface area contributed by atoms with Crippen molar-refractivity contribution in [2.75, 3.05) is 0 Å². The maximum absolute atomic E-state index is 12.1. The van der Waals surface area contributed by atoms with E-state index in [0.29, 0.717) is 42.7 Å². The monoisotopic (exact) mass is 292 g/mol. The van der Waals surface area contributed by atoms with Gasteiger partial charge < -0.3 is 10.1 Å². The summed E-state index contributed by atoms with van der Waals surface area (Å²) in [4.78, 5) is 13.2. The van der Waals surface area contributed by atoms with E-state index >= 15 is 0 Å². The van der Waals surface area contributed by atoms with Crippen LogP contribution in [0.1, 0.15) is 31.4 Å². The summed E-state index contributed by atoms with van der Waals surface area (Å²) < 4.78 is 26.8. The molecule has 6 nitrogen and oxygen atoms in total. The number of aromatic nitrogens is 1. The Bertz CT molecular complexity index is 567. The molecule has 18 heavy (non-hydrogen) atoms. The molecule has 1 fully saturated rings. The Morgan fingerprint density at radius 3 is 2.44 bits per heavy atom. The van der Waals surface area contributed by atoms with E-state index in [1.807, 2.05) is 0 Å². The van der Waals surface area contributed by atoms with E-state index in [-0.39, 0.29) is 21.2 Å². The molecule has 8 heteroatoms. The third-order valence-electron chi connectivity index (χ3n) is 3.04. The third-order valence-corrected chi connectivity index (χ3v) is 6.17. The fourth-order valence-electron chi connectivity index (χ4n) is 2.11. The number of nitrogens with one attached hydrogen (secondary N) is 2. The van der Waals surface area contributed by atoms with Crippen LogP contribution in [0, 0.1) is 6.92 Å². The second kappa shape index (κ2) is 5.12. The predicted octanol–water partition coefficient (Wildman–Crippen LogP) is 0.327. The maximum atomic E-state index is 12.1. The topological polar surface area (TPSA) is 99.3 Å². The summed E-state index contributed by atoms with van der Waals surface area (Å²) in [6, 6.07) is -0.157. The molecule has 102 valence electrons. The van der Waals surface area contributed by atoms with Crippen LogP contribution < -0.4 is 9.60 Å². The minimum absolute atomic E-state index is 0.0543. The molecule has 1 aliphatic rings. The Morgan fingerprint density at radius 2 is 1.94 bits per heavy atom. The molecule has 0 amide bonds. The Labute approximate surface area is 109 Å². The van der Waals surface area contributed by atoms with Gasteiger partial charge in [0, 0.05) is 11.7 Å². The standard InChI is InChI=1S/C10H16N2O4S2/c1-6-9(17-10(14)11-6)18(15,16)12-7-2-4-8(13)5-3-7/h7-8,12-13H,2-5H2,1H3,(H,11,14). The number of aliphatic hydroxyl groups is 1. The number of aromatic amines is 1. The highest BCUT2D eigenvalue weighted by Gasteiger charge is 2.27. The lowest BCUT2D eigenvalue weighted by atomic mass is 9.94. The summed E-state index contributed by atoms with van der Waals surface area (Å²) in [6.07, 6.45) is 2.14. The summed E-state index contributed by atoms with van der Waals surface area (Å²) in [5, 5.41) is 9.37. The lowest BCUT2D eigenvalue weighted by Crippen LogP contribution is -2.38. The van der Waals surface area contributed by atoms with Gasteiger partial charge in [0.2, 0.25) is 0 Å². The molecule has 0 atom stereocenters. The molecule has 0 aromatic carbocycles. The molecule has 0 bridgehead atoms. The Hall–Kier alpha value is -0.700. The number of hydrogen-bond donors (Lipinski definition) is 3. The summed E-state index contributed by atoms with van der Waals surface area (Å²) in [7, 11) is -3.63. The van der Waals surface area contributed by atoms with Gasteiger partial charge in [-0.15, -0.1) is 0 Å². The zero-order valence-corrected chi connectivity index (χ0v) is 11.6. The van der Waals surface area contributed by atoms with E-state index in [0.717, 1.165) is 0 Å². The molecule has 1 aliphatic carbocycles. The molecule has 0 aliphatic heterocycles. The van der Waals surface area contributed by atoms with Gasteiger partial charge in [0.05, 0.1) is 6.10 Å². The van der Waals surface area contributed by atoms with E-state index < -0.39 is 10.0 Å². The third kappa shape index (κ3) is 3.00. The first-order valence-corrected chi connectivity index (χ1v) is 8.08. The lowest BCUT2D eigenvalue weighted by molar-refractivity contribution is 0.120. The van der Waals surface area contributed by atoms with Gasteiger partial charge in [0.15, 0.2) is 4.21 Å². The highest BCUT2D eigenvalue weighted by molar-refractivity contribution is 7.91. The van der Waals surface area contributed by atoms with Gasteiger partial charge in [0.25, 0.3) is 10.0 Å². The van der Waals surface area contributed by atoms with Crippen molar-refractivity contribution in [3.05, 3.63) is 15.4 Å². The van der Waals surface area contributed by atoms with E-state index in [1.54, 1.807) is 6.92 Å². The van der Waals surface area contributed by atoms with Gasteiger partial charge in [-0.3, -0.25) is 4.79 Å². The van der Waals surface area contributed by atoms with E-state index in [1.165, 1.54) is 0 Å². The lowest BCUT2D eigenvalue weighted by Gasteiger charge is -2.25. The van der Waals surface area contributed by atoms with Crippen LogP contribution in [-0.4, -0.2) is 30.7 Å². The minimum atomic E-state index is -3.63. The molecule has 0 unspecified atom stereocenters. The quantitative estimate of drug-likeness (QED) is 0.747. The Balaban J connectivity index is 2.13. The highest BCUT2D eigenvalue weighted by Crippen LogP contribution is 2.22. The van der Waals surface area contributed by atoms with Crippen molar-refractivity contribution in [1.82, 2.24) is 9.71 Å². The van der Waals surface area contributed by atoms with Gasteiger partial charge >= 0.3 is 4.87 Å². The average molecular weight is 292 g/mol. The molecular weight excluding hydrogens is 276 g/mol. The fraction of sp³-hybridized carbons (Fsp3) is 0.700. The predicted molar refractivity (Wildman–Crippen MR) is 68.3 cm³/mol. The zero-order chi connectivity index (χ0) is 13.3. The highest BCUT2D eigenvalue weighted by atomic mass is 32.2. The van der Waals surface area contributed by atoms with Crippen LogP contribution in [0.4, 0.5) is 0 Å². The molecule has 1 aromatic rings. The van der Waals surface area contributed by atoms with Gasteiger partial charge in [-0.2, -0.15) is 0 Å². The largest absolute Gasteiger partial charge is 0.393 e. The number of rotatable bonds is 3. The second-order valence-corrected chi connectivity index (χ2v) is 7.45.